The summed E-state index contributed by atoms with van der Waals surface area (Å²) in [6.45, 7) is 2.49. The van der Waals surface area contributed by atoms with Crippen molar-refractivity contribution in [2.24, 2.45) is 0 Å². The first-order chi connectivity index (χ1) is 10.5. The van der Waals surface area contributed by atoms with Crippen LogP contribution in [0.3, 0.4) is 0 Å². The number of carbonyl (C=O) groups is 2. The summed E-state index contributed by atoms with van der Waals surface area (Å²) in [5.41, 5.74) is -0.197. The molecule has 1 aromatic carbocycles. The molecule has 1 heterocycles. The molecule has 1 aliphatic rings. The van der Waals surface area contributed by atoms with Gasteiger partial charge in [-0.05, 0) is 50.1 Å². The van der Waals surface area contributed by atoms with Crippen LogP contribution in [-0.4, -0.2) is 41.8 Å². The SMILES string of the molecule is Cl.O=C(Cl)OC1CCN(CCCC(=O)c2ccc(F)cc2)CC1. The number of piperidine rings is 1. The van der Waals surface area contributed by atoms with E-state index in [0.717, 1.165) is 38.9 Å². The summed E-state index contributed by atoms with van der Waals surface area (Å²) in [6, 6.07) is 5.64. The summed E-state index contributed by atoms with van der Waals surface area (Å²) < 4.78 is 17.8. The van der Waals surface area contributed by atoms with E-state index in [2.05, 4.69) is 4.90 Å². The Balaban J connectivity index is 0.00000264. The molecule has 7 heteroatoms. The molecule has 0 atom stereocenters. The summed E-state index contributed by atoms with van der Waals surface area (Å²) in [6.07, 6.45) is 2.65. The van der Waals surface area contributed by atoms with E-state index in [4.69, 9.17) is 16.3 Å². The van der Waals surface area contributed by atoms with E-state index in [0.29, 0.717) is 12.0 Å². The monoisotopic (exact) mass is 363 g/mol. The van der Waals surface area contributed by atoms with Crippen molar-refractivity contribution in [3.63, 3.8) is 0 Å². The molecule has 1 saturated heterocycles. The quantitative estimate of drug-likeness (QED) is 0.564. The highest BCUT2D eigenvalue weighted by atomic mass is 35.5. The molecule has 2 rings (SSSR count). The molecule has 0 saturated carbocycles. The number of hydrogen-bond donors (Lipinski definition) is 0. The molecule has 0 spiro atoms. The summed E-state index contributed by atoms with van der Waals surface area (Å²) in [7, 11) is 0. The van der Waals surface area contributed by atoms with Crippen molar-refractivity contribution in [1.29, 1.82) is 0 Å². The van der Waals surface area contributed by atoms with Crippen molar-refractivity contribution in [2.75, 3.05) is 19.6 Å². The first-order valence-electron chi connectivity index (χ1n) is 7.42. The number of hydrogen-bond acceptors (Lipinski definition) is 4. The zero-order chi connectivity index (χ0) is 15.9. The van der Waals surface area contributed by atoms with Crippen LogP contribution < -0.4 is 0 Å². The lowest BCUT2D eigenvalue weighted by Crippen LogP contribution is -2.37. The minimum atomic E-state index is -0.747. The maximum absolute atomic E-state index is 12.8. The third kappa shape index (κ3) is 6.85. The van der Waals surface area contributed by atoms with E-state index >= 15 is 0 Å². The number of carbonyl (C=O) groups excluding carboxylic acids is 2. The van der Waals surface area contributed by atoms with E-state index in [1.807, 2.05) is 0 Å². The largest absolute Gasteiger partial charge is 0.450 e. The summed E-state index contributed by atoms with van der Waals surface area (Å²) in [5.74, 6) is -0.303. The van der Waals surface area contributed by atoms with Gasteiger partial charge in [0.2, 0.25) is 0 Å². The standard InChI is InChI=1S/C16H19ClFNO3.ClH/c17-16(21)22-14-7-10-19(11-8-14)9-1-2-15(20)12-3-5-13(18)6-4-12;/h3-6,14H,1-2,7-11H2;1H. The van der Waals surface area contributed by atoms with Gasteiger partial charge in [0.1, 0.15) is 11.9 Å². The predicted octanol–water partition coefficient (Wildman–Crippen LogP) is 4.05. The van der Waals surface area contributed by atoms with Crippen molar-refractivity contribution in [2.45, 2.75) is 31.8 Å². The molecule has 0 aliphatic carbocycles. The maximum atomic E-state index is 12.8. The van der Waals surface area contributed by atoms with Crippen LogP contribution in [0.4, 0.5) is 9.18 Å². The van der Waals surface area contributed by atoms with Gasteiger partial charge in [0.15, 0.2) is 5.78 Å². The smallest absolute Gasteiger partial charge is 0.404 e. The molecule has 0 N–H and O–H groups in total. The van der Waals surface area contributed by atoms with Crippen LogP contribution in [0.2, 0.25) is 0 Å². The topological polar surface area (TPSA) is 46.6 Å². The minimum Gasteiger partial charge on any atom is -0.450 e. The van der Waals surface area contributed by atoms with Crippen LogP contribution in [-0.2, 0) is 4.74 Å². The van der Waals surface area contributed by atoms with Crippen molar-refractivity contribution in [3.8, 4) is 0 Å². The Morgan fingerprint density at radius 2 is 1.83 bits per heavy atom. The number of benzene rings is 1. The Bertz CT molecular complexity index is 517. The number of likely N-dealkylation sites (tertiary alicyclic amines) is 1. The molecule has 23 heavy (non-hydrogen) atoms. The highest BCUT2D eigenvalue weighted by Gasteiger charge is 2.21. The Hall–Kier alpha value is -1.17. The summed E-state index contributed by atoms with van der Waals surface area (Å²) in [5, 5.41) is 0. The fourth-order valence-electron chi connectivity index (χ4n) is 2.63. The van der Waals surface area contributed by atoms with Gasteiger partial charge in [0.05, 0.1) is 0 Å². The fourth-order valence-corrected chi connectivity index (χ4v) is 2.75. The molecule has 1 fully saturated rings. The average molecular weight is 364 g/mol. The molecule has 0 bridgehead atoms. The first kappa shape index (κ1) is 19.9. The van der Waals surface area contributed by atoms with E-state index in [9.17, 15) is 14.0 Å². The van der Waals surface area contributed by atoms with Crippen LogP contribution in [0.25, 0.3) is 0 Å². The number of Topliss-reactive ketones (excluding diaryl/α,β-unsaturated/α-hetero) is 1. The van der Waals surface area contributed by atoms with Gasteiger partial charge >= 0.3 is 5.43 Å². The van der Waals surface area contributed by atoms with Gasteiger partial charge in [-0.1, -0.05) is 0 Å². The Labute approximate surface area is 146 Å². The fraction of sp³-hybridized carbons (Fsp3) is 0.500. The van der Waals surface area contributed by atoms with Gasteiger partial charge in [-0.25, -0.2) is 9.18 Å². The van der Waals surface area contributed by atoms with Crippen molar-refractivity contribution >= 4 is 35.2 Å². The van der Waals surface area contributed by atoms with E-state index in [1.54, 1.807) is 0 Å². The van der Waals surface area contributed by atoms with E-state index < -0.39 is 5.43 Å². The number of ether oxygens (including phenoxy) is 1. The molecular weight excluding hydrogens is 344 g/mol. The average Bonchev–Trinajstić information content (AvgIpc) is 2.49. The Morgan fingerprint density at radius 1 is 1.22 bits per heavy atom. The predicted molar refractivity (Wildman–Crippen MR) is 89.0 cm³/mol. The van der Waals surface area contributed by atoms with Gasteiger partial charge < -0.3 is 9.64 Å². The molecular formula is C16H20Cl2FNO3. The number of nitrogens with zero attached hydrogens (tertiary/aromatic N) is 1. The van der Waals surface area contributed by atoms with Crippen LogP contribution in [0, 0.1) is 5.82 Å². The lowest BCUT2D eigenvalue weighted by Gasteiger charge is -2.31. The van der Waals surface area contributed by atoms with Gasteiger partial charge in [0, 0.05) is 36.7 Å². The van der Waals surface area contributed by atoms with Gasteiger partial charge in [-0.15, -0.1) is 12.4 Å². The van der Waals surface area contributed by atoms with Crippen molar-refractivity contribution in [1.82, 2.24) is 4.90 Å². The first-order valence-corrected chi connectivity index (χ1v) is 7.79. The number of rotatable bonds is 6. The molecule has 128 valence electrons. The van der Waals surface area contributed by atoms with Crippen LogP contribution in [0.5, 0.6) is 0 Å². The lowest BCUT2D eigenvalue weighted by atomic mass is 10.0. The molecule has 0 aromatic heterocycles. The third-order valence-electron chi connectivity index (χ3n) is 3.84. The second-order valence-corrected chi connectivity index (χ2v) is 5.74. The normalized spacial score (nSPS) is 15.7. The minimum absolute atomic E-state index is 0. The summed E-state index contributed by atoms with van der Waals surface area (Å²) >= 11 is 5.20. The van der Waals surface area contributed by atoms with Crippen LogP contribution in [0.1, 0.15) is 36.0 Å². The van der Waals surface area contributed by atoms with Crippen molar-refractivity contribution in [3.05, 3.63) is 35.6 Å². The summed E-state index contributed by atoms with van der Waals surface area (Å²) in [4.78, 5) is 24.9. The second-order valence-electron chi connectivity index (χ2n) is 5.43. The van der Waals surface area contributed by atoms with E-state index in [-0.39, 0.29) is 30.1 Å². The van der Waals surface area contributed by atoms with Crippen LogP contribution in [0.15, 0.2) is 24.3 Å². The number of halogens is 3. The van der Waals surface area contributed by atoms with Gasteiger partial charge in [-0.3, -0.25) is 4.79 Å². The van der Waals surface area contributed by atoms with Gasteiger partial charge in [-0.2, -0.15) is 0 Å². The molecule has 0 amide bonds. The molecule has 0 unspecified atom stereocenters. The van der Waals surface area contributed by atoms with Crippen LogP contribution >= 0.6 is 24.0 Å². The third-order valence-corrected chi connectivity index (χ3v) is 3.93. The second kappa shape index (κ2) is 9.85. The maximum Gasteiger partial charge on any atom is 0.404 e. The Kier molecular flexibility index (Phi) is 8.52. The van der Waals surface area contributed by atoms with Gasteiger partial charge in [0.25, 0.3) is 0 Å². The molecule has 4 nitrogen and oxygen atoms in total. The molecule has 1 aromatic rings. The number of ketones is 1. The molecule has 0 radical (unpaired) electrons. The zero-order valence-electron chi connectivity index (χ0n) is 12.7. The Morgan fingerprint density at radius 3 is 2.39 bits per heavy atom. The highest BCUT2D eigenvalue weighted by Crippen LogP contribution is 2.16. The van der Waals surface area contributed by atoms with E-state index in [1.165, 1.54) is 24.3 Å². The van der Waals surface area contributed by atoms with Crippen molar-refractivity contribution < 1.29 is 18.7 Å². The zero-order valence-corrected chi connectivity index (χ0v) is 14.2. The lowest BCUT2D eigenvalue weighted by molar-refractivity contribution is 0.0643. The molecule has 1 aliphatic heterocycles. The highest BCUT2D eigenvalue weighted by molar-refractivity contribution is 6.61.